The van der Waals surface area contributed by atoms with Crippen molar-refractivity contribution in [3.8, 4) is 0 Å². The Balaban J connectivity index is 1.43. The normalized spacial score (nSPS) is 15.8. The van der Waals surface area contributed by atoms with Crippen molar-refractivity contribution in [2.24, 2.45) is 5.10 Å². The summed E-state index contributed by atoms with van der Waals surface area (Å²) in [6, 6.07) is 23.1. The number of amides is 1. The summed E-state index contributed by atoms with van der Waals surface area (Å²) >= 11 is 0. The van der Waals surface area contributed by atoms with E-state index in [1.54, 1.807) is 30.3 Å². The lowest BCUT2D eigenvalue weighted by atomic mass is 9.97. The molecule has 0 N–H and O–H groups in total. The van der Waals surface area contributed by atoms with Crippen LogP contribution in [0.4, 0.5) is 0 Å². The van der Waals surface area contributed by atoms with Crippen molar-refractivity contribution in [2.45, 2.75) is 32.6 Å². The highest BCUT2D eigenvalue weighted by atomic mass is 16.5. The number of aromatic nitrogens is 2. The smallest absolute Gasteiger partial charge is 0.338 e. The number of para-hydroxylation sites is 1. The van der Waals surface area contributed by atoms with Crippen molar-refractivity contribution in [1.82, 2.24) is 15.0 Å². The summed E-state index contributed by atoms with van der Waals surface area (Å²) in [5.41, 5.74) is 5.85. The zero-order valence-electron chi connectivity index (χ0n) is 20.9. The van der Waals surface area contributed by atoms with Gasteiger partial charge >= 0.3 is 5.97 Å². The number of hydrogen-bond donors (Lipinski definition) is 0. The van der Waals surface area contributed by atoms with Gasteiger partial charge in [0.2, 0.25) is 5.91 Å². The largest absolute Gasteiger partial charge is 0.462 e. The highest BCUT2D eigenvalue weighted by Crippen LogP contribution is 2.29. The molecule has 186 valence electrons. The molecule has 1 atom stereocenters. The monoisotopic (exact) mass is 492 g/mol. The molecular formula is C30H28N4O3. The van der Waals surface area contributed by atoms with E-state index in [1.165, 1.54) is 0 Å². The molecule has 1 unspecified atom stereocenters. The van der Waals surface area contributed by atoms with E-state index in [2.05, 4.69) is 11.1 Å². The Bertz CT molecular complexity index is 1470. The van der Waals surface area contributed by atoms with E-state index in [1.807, 2.05) is 61.5 Å². The number of rotatable bonds is 7. The van der Waals surface area contributed by atoms with E-state index >= 15 is 0 Å². The highest BCUT2D eigenvalue weighted by Gasteiger charge is 2.31. The molecule has 7 nitrogen and oxygen atoms in total. The molecule has 1 saturated heterocycles. The molecule has 0 aliphatic carbocycles. The lowest BCUT2D eigenvalue weighted by molar-refractivity contribution is -0.127. The first-order chi connectivity index (χ1) is 18.0. The number of aryl methyl sites for hydroxylation is 1. The van der Waals surface area contributed by atoms with Gasteiger partial charge in [-0.15, -0.1) is 0 Å². The molecule has 0 saturated carbocycles. The Morgan fingerprint density at radius 2 is 1.86 bits per heavy atom. The predicted octanol–water partition coefficient (Wildman–Crippen LogP) is 5.08. The van der Waals surface area contributed by atoms with E-state index in [4.69, 9.17) is 14.8 Å². The van der Waals surface area contributed by atoms with E-state index in [0.29, 0.717) is 31.6 Å². The number of ether oxygens (including phenoxy) is 1. The van der Waals surface area contributed by atoms with Crippen LogP contribution in [0.2, 0.25) is 0 Å². The summed E-state index contributed by atoms with van der Waals surface area (Å²) < 4.78 is 5.07. The van der Waals surface area contributed by atoms with Gasteiger partial charge in [0.05, 0.1) is 35.6 Å². The standard InChI is InChI=1S/C30H28N4O3/c1-3-37-30(36)22-13-11-21(12-14-22)24-18-29(35)34(19-24)33-28(27-10-6-7-20(2)32-27)17-23-15-16-31-26-9-5-4-8-25(23)26/h4-16,24H,3,17-19H2,1-2H3. The molecule has 3 heterocycles. The fourth-order valence-electron chi connectivity index (χ4n) is 4.63. The van der Waals surface area contributed by atoms with Crippen LogP contribution >= 0.6 is 0 Å². The zero-order valence-corrected chi connectivity index (χ0v) is 20.9. The first-order valence-corrected chi connectivity index (χ1v) is 12.4. The minimum absolute atomic E-state index is 0.0130. The number of esters is 1. The van der Waals surface area contributed by atoms with Gasteiger partial charge in [0.25, 0.3) is 0 Å². The Morgan fingerprint density at radius 1 is 1.05 bits per heavy atom. The number of hydrazone groups is 1. The van der Waals surface area contributed by atoms with E-state index < -0.39 is 0 Å². The molecule has 1 amide bonds. The Hall–Kier alpha value is -4.39. The summed E-state index contributed by atoms with van der Waals surface area (Å²) in [6.07, 6.45) is 2.67. The molecule has 2 aromatic carbocycles. The SMILES string of the molecule is CCOC(=O)c1ccc(C2CC(=O)N(N=C(Cc3ccnc4ccccc34)c3cccc(C)n3)C2)cc1. The maximum Gasteiger partial charge on any atom is 0.338 e. The summed E-state index contributed by atoms with van der Waals surface area (Å²) in [4.78, 5) is 34.2. The molecule has 4 aromatic rings. The second-order valence-electron chi connectivity index (χ2n) is 9.09. The van der Waals surface area contributed by atoms with Crippen LogP contribution in [0.1, 0.15) is 52.1 Å². The molecule has 0 spiro atoms. The van der Waals surface area contributed by atoms with Gasteiger partial charge in [-0.25, -0.2) is 9.80 Å². The fraction of sp³-hybridized carbons (Fsp3) is 0.233. The van der Waals surface area contributed by atoms with Gasteiger partial charge in [-0.3, -0.25) is 14.8 Å². The molecule has 2 aromatic heterocycles. The molecule has 1 aliphatic heterocycles. The van der Waals surface area contributed by atoms with Crippen molar-refractivity contribution in [2.75, 3.05) is 13.2 Å². The van der Waals surface area contributed by atoms with Crippen LogP contribution in [0.3, 0.4) is 0 Å². The van der Waals surface area contributed by atoms with Crippen molar-refractivity contribution in [3.63, 3.8) is 0 Å². The summed E-state index contributed by atoms with van der Waals surface area (Å²) in [5, 5.41) is 7.47. The van der Waals surface area contributed by atoms with Gasteiger partial charge in [-0.2, -0.15) is 5.10 Å². The highest BCUT2D eigenvalue weighted by molar-refractivity contribution is 6.02. The van der Waals surface area contributed by atoms with Crippen molar-refractivity contribution < 1.29 is 14.3 Å². The van der Waals surface area contributed by atoms with Gasteiger partial charge in [-0.1, -0.05) is 36.4 Å². The van der Waals surface area contributed by atoms with Gasteiger partial charge in [0, 0.05) is 36.0 Å². The number of nitrogens with zero attached hydrogens (tertiary/aromatic N) is 4. The fourth-order valence-corrected chi connectivity index (χ4v) is 4.63. The van der Waals surface area contributed by atoms with Gasteiger partial charge in [0.1, 0.15) is 0 Å². The zero-order chi connectivity index (χ0) is 25.8. The van der Waals surface area contributed by atoms with Gasteiger partial charge in [-0.05, 0) is 61.4 Å². The molecule has 5 rings (SSSR count). The van der Waals surface area contributed by atoms with Crippen molar-refractivity contribution in [1.29, 1.82) is 0 Å². The summed E-state index contributed by atoms with van der Waals surface area (Å²) in [6.45, 7) is 4.52. The molecule has 1 aliphatic rings. The molecule has 0 bridgehead atoms. The first kappa shape index (κ1) is 24.3. The number of pyridine rings is 2. The third kappa shape index (κ3) is 5.40. The third-order valence-electron chi connectivity index (χ3n) is 6.52. The lowest BCUT2D eigenvalue weighted by Gasteiger charge is -2.15. The average molecular weight is 493 g/mol. The number of carbonyl (C=O) groups excluding carboxylic acids is 2. The van der Waals surface area contributed by atoms with Gasteiger partial charge < -0.3 is 4.74 Å². The average Bonchev–Trinajstić information content (AvgIpc) is 3.28. The molecule has 7 heteroatoms. The first-order valence-electron chi connectivity index (χ1n) is 12.4. The molecule has 37 heavy (non-hydrogen) atoms. The third-order valence-corrected chi connectivity index (χ3v) is 6.52. The molecule has 1 fully saturated rings. The van der Waals surface area contributed by atoms with Gasteiger partial charge in [0.15, 0.2) is 0 Å². The Kier molecular flexibility index (Phi) is 7.03. The quantitative estimate of drug-likeness (QED) is 0.265. The number of benzene rings is 2. The van der Waals surface area contributed by atoms with E-state index in [9.17, 15) is 9.59 Å². The van der Waals surface area contributed by atoms with Crippen LogP contribution in [0.15, 0.2) is 84.1 Å². The van der Waals surface area contributed by atoms with Crippen molar-refractivity contribution >= 4 is 28.5 Å². The van der Waals surface area contributed by atoms with Crippen LogP contribution in [-0.2, 0) is 16.0 Å². The van der Waals surface area contributed by atoms with Crippen LogP contribution < -0.4 is 0 Å². The second-order valence-corrected chi connectivity index (χ2v) is 9.09. The lowest BCUT2D eigenvalue weighted by Crippen LogP contribution is -2.23. The minimum atomic E-state index is -0.346. The van der Waals surface area contributed by atoms with Crippen LogP contribution in [0.5, 0.6) is 0 Å². The minimum Gasteiger partial charge on any atom is -0.462 e. The second kappa shape index (κ2) is 10.7. The topological polar surface area (TPSA) is 84.8 Å². The van der Waals surface area contributed by atoms with Crippen LogP contribution in [-0.4, -0.2) is 45.7 Å². The molecular weight excluding hydrogens is 464 g/mol. The Morgan fingerprint density at radius 3 is 2.65 bits per heavy atom. The predicted molar refractivity (Wildman–Crippen MR) is 142 cm³/mol. The number of hydrogen-bond acceptors (Lipinski definition) is 6. The van der Waals surface area contributed by atoms with E-state index in [-0.39, 0.29) is 17.8 Å². The maximum atomic E-state index is 13.0. The number of fused-ring (bicyclic) bond motifs is 1. The van der Waals surface area contributed by atoms with Crippen LogP contribution in [0, 0.1) is 6.92 Å². The summed E-state index contributed by atoms with van der Waals surface area (Å²) in [5.74, 6) is -0.396. The Labute approximate surface area is 215 Å². The molecule has 0 radical (unpaired) electrons. The van der Waals surface area contributed by atoms with Crippen molar-refractivity contribution in [3.05, 3.63) is 107 Å². The maximum absolute atomic E-state index is 13.0. The van der Waals surface area contributed by atoms with E-state index in [0.717, 1.165) is 39.1 Å². The van der Waals surface area contributed by atoms with Crippen LogP contribution in [0.25, 0.3) is 10.9 Å². The summed E-state index contributed by atoms with van der Waals surface area (Å²) in [7, 11) is 0. The number of carbonyl (C=O) groups is 2.